The molecular formula is C22H32N4O. The van der Waals surface area contributed by atoms with E-state index in [2.05, 4.69) is 52.9 Å². The van der Waals surface area contributed by atoms with Crippen LogP contribution in [0.3, 0.4) is 0 Å². The fourth-order valence-electron chi connectivity index (χ4n) is 3.88. The summed E-state index contributed by atoms with van der Waals surface area (Å²) in [7, 11) is 0. The van der Waals surface area contributed by atoms with E-state index in [1.165, 1.54) is 16.7 Å². The lowest BCUT2D eigenvalue weighted by atomic mass is 10.0. The molecule has 5 heteroatoms. The second kappa shape index (κ2) is 7.95. The van der Waals surface area contributed by atoms with Gasteiger partial charge in [0.2, 0.25) is 0 Å². The van der Waals surface area contributed by atoms with Crippen molar-refractivity contribution in [1.82, 2.24) is 14.9 Å². The lowest BCUT2D eigenvalue weighted by Crippen LogP contribution is -2.51. The van der Waals surface area contributed by atoms with Crippen molar-refractivity contribution in [2.45, 2.75) is 46.6 Å². The molecule has 2 aromatic rings. The maximum atomic E-state index is 10.1. The Kier molecular flexibility index (Phi) is 5.82. The second-order valence-corrected chi connectivity index (χ2v) is 8.40. The van der Waals surface area contributed by atoms with Crippen molar-refractivity contribution in [3.63, 3.8) is 0 Å². The van der Waals surface area contributed by atoms with E-state index in [1.807, 2.05) is 20.8 Å². The van der Waals surface area contributed by atoms with Gasteiger partial charge in [-0.3, -0.25) is 4.90 Å². The van der Waals surface area contributed by atoms with Gasteiger partial charge < -0.3 is 10.0 Å². The molecule has 0 bridgehead atoms. The third-order valence-corrected chi connectivity index (χ3v) is 5.05. The fourth-order valence-corrected chi connectivity index (χ4v) is 3.88. The zero-order valence-electron chi connectivity index (χ0n) is 17.3. The molecule has 146 valence electrons. The first-order valence-electron chi connectivity index (χ1n) is 9.80. The second-order valence-electron chi connectivity index (χ2n) is 8.40. The van der Waals surface area contributed by atoms with Gasteiger partial charge in [0.15, 0.2) is 0 Å². The van der Waals surface area contributed by atoms with Gasteiger partial charge in [-0.05, 0) is 40.2 Å². The molecule has 27 heavy (non-hydrogen) atoms. The smallest absolute Gasteiger partial charge is 0.136 e. The van der Waals surface area contributed by atoms with Gasteiger partial charge in [-0.2, -0.15) is 0 Å². The number of nitrogens with zero attached hydrogens (tertiary/aromatic N) is 4. The number of aryl methyl sites for hydroxylation is 3. The summed E-state index contributed by atoms with van der Waals surface area (Å²) in [6.07, 6.45) is 0.854. The lowest BCUT2D eigenvalue weighted by Gasteiger charge is -2.38. The molecular weight excluding hydrogens is 336 g/mol. The summed E-state index contributed by atoms with van der Waals surface area (Å²) < 4.78 is 0. The first-order valence-corrected chi connectivity index (χ1v) is 9.80. The van der Waals surface area contributed by atoms with E-state index >= 15 is 0 Å². The van der Waals surface area contributed by atoms with Crippen LogP contribution in [-0.4, -0.2) is 58.3 Å². The number of aliphatic hydroxyl groups is 1. The van der Waals surface area contributed by atoms with E-state index in [0.717, 1.165) is 49.9 Å². The van der Waals surface area contributed by atoms with Crippen molar-refractivity contribution in [2.75, 3.05) is 37.6 Å². The summed E-state index contributed by atoms with van der Waals surface area (Å²) in [5.74, 6) is 1.90. The van der Waals surface area contributed by atoms with Crippen LogP contribution in [0.1, 0.15) is 42.1 Å². The third kappa shape index (κ3) is 5.27. The monoisotopic (exact) mass is 368 g/mol. The fraction of sp³-hybridized carbons (Fsp3) is 0.545. The molecule has 1 saturated heterocycles. The van der Waals surface area contributed by atoms with Gasteiger partial charge in [0.05, 0.1) is 5.60 Å². The molecule has 0 amide bonds. The van der Waals surface area contributed by atoms with E-state index in [1.54, 1.807) is 0 Å². The van der Waals surface area contributed by atoms with E-state index < -0.39 is 5.60 Å². The van der Waals surface area contributed by atoms with Gasteiger partial charge in [-0.25, -0.2) is 9.97 Å². The molecule has 1 fully saturated rings. The maximum Gasteiger partial charge on any atom is 0.136 e. The van der Waals surface area contributed by atoms with E-state index in [-0.39, 0.29) is 0 Å². The van der Waals surface area contributed by atoms with Crippen molar-refractivity contribution in [1.29, 1.82) is 0 Å². The summed E-state index contributed by atoms with van der Waals surface area (Å²) in [4.78, 5) is 14.2. The molecule has 0 saturated carbocycles. The SMILES string of the molecule is Cc1cccc(Cc2c(C)nc(C)nc2N2CCN(CC(C)(C)O)CC2)c1. The van der Waals surface area contributed by atoms with Gasteiger partial charge in [0.25, 0.3) is 0 Å². The van der Waals surface area contributed by atoms with Gasteiger partial charge in [-0.1, -0.05) is 29.8 Å². The average Bonchev–Trinajstić information content (AvgIpc) is 2.56. The minimum Gasteiger partial charge on any atom is -0.389 e. The van der Waals surface area contributed by atoms with E-state index in [4.69, 9.17) is 4.98 Å². The Hall–Kier alpha value is -1.98. The maximum absolute atomic E-state index is 10.1. The number of hydrogen-bond acceptors (Lipinski definition) is 5. The zero-order valence-corrected chi connectivity index (χ0v) is 17.3. The predicted octanol–water partition coefficient (Wildman–Crippen LogP) is 2.89. The molecule has 1 aliphatic heterocycles. The van der Waals surface area contributed by atoms with Gasteiger partial charge >= 0.3 is 0 Å². The summed E-state index contributed by atoms with van der Waals surface area (Å²) in [5, 5.41) is 10.1. The Morgan fingerprint density at radius 1 is 1.04 bits per heavy atom. The predicted molar refractivity (Wildman–Crippen MR) is 110 cm³/mol. The molecule has 0 radical (unpaired) electrons. The van der Waals surface area contributed by atoms with Crippen molar-refractivity contribution >= 4 is 5.82 Å². The number of rotatable bonds is 5. The van der Waals surface area contributed by atoms with Crippen LogP contribution in [-0.2, 0) is 6.42 Å². The molecule has 1 N–H and O–H groups in total. The van der Waals surface area contributed by atoms with E-state index in [9.17, 15) is 5.11 Å². The largest absolute Gasteiger partial charge is 0.389 e. The number of β-amino-alcohol motifs (C(OH)–C–C–N with tert-alkyl or cyclic N) is 1. The Balaban J connectivity index is 1.81. The van der Waals surface area contributed by atoms with Crippen LogP contribution in [0.15, 0.2) is 24.3 Å². The van der Waals surface area contributed by atoms with Crippen LogP contribution in [0.25, 0.3) is 0 Å². The number of hydrogen-bond donors (Lipinski definition) is 1. The van der Waals surface area contributed by atoms with Crippen LogP contribution in [0.2, 0.25) is 0 Å². The Morgan fingerprint density at radius 3 is 2.37 bits per heavy atom. The average molecular weight is 369 g/mol. The summed E-state index contributed by atoms with van der Waals surface area (Å²) in [5.41, 5.74) is 4.22. The molecule has 1 aromatic carbocycles. The quantitative estimate of drug-likeness (QED) is 0.879. The van der Waals surface area contributed by atoms with Crippen LogP contribution >= 0.6 is 0 Å². The topological polar surface area (TPSA) is 52.5 Å². The lowest BCUT2D eigenvalue weighted by molar-refractivity contribution is 0.0344. The molecule has 0 unspecified atom stereocenters. The Labute approximate surface area is 163 Å². The third-order valence-electron chi connectivity index (χ3n) is 5.05. The molecule has 0 spiro atoms. The number of benzene rings is 1. The first-order chi connectivity index (χ1) is 12.7. The number of aromatic nitrogens is 2. The molecule has 0 aliphatic carbocycles. The highest BCUT2D eigenvalue weighted by Crippen LogP contribution is 2.25. The van der Waals surface area contributed by atoms with E-state index in [0.29, 0.717) is 6.54 Å². The molecule has 5 nitrogen and oxygen atoms in total. The molecule has 0 atom stereocenters. The summed E-state index contributed by atoms with van der Waals surface area (Å²) in [6.45, 7) is 14.4. The highest BCUT2D eigenvalue weighted by molar-refractivity contribution is 5.51. The normalized spacial score (nSPS) is 16.0. The standard InChI is InChI=1S/C22H32N4O/c1-16-7-6-8-19(13-16)14-20-17(2)23-18(3)24-21(20)26-11-9-25(10-12-26)15-22(4,5)27/h6-8,13,27H,9-12,14-15H2,1-5H3. The van der Waals surface area contributed by atoms with Crippen LogP contribution in [0, 0.1) is 20.8 Å². The van der Waals surface area contributed by atoms with Crippen LogP contribution < -0.4 is 4.90 Å². The molecule has 1 aromatic heterocycles. The minimum atomic E-state index is -0.652. The van der Waals surface area contributed by atoms with Crippen molar-refractivity contribution in [3.8, 4) is 0 Å². The van der Waals surface area contributed by atoms with Crippen LogP contribution in [0.5, 0.6) is 0 Å². The van der Waals surface area contributed by atoms with Gasteiger partial charge in [0.1, 0.15) is 11.6 Å². The van der Waals surface area contributed by atoms with Crippen LogP contribution in [0.4, 0.5) is 5.82 Å². The highest BCUT2D eigenvalue weighted by Gasteiger charge is 2.25. The Morgan fingerprint density at radius 2 is 1.74 bits per heavy atom. The van der Waals surface area contributed by atoms with Crippen molar-refractivity contribution in [2.24, 2.45) is 0 Å². The van der Waals surface area contributed by atoms with Gasteiger partial charge in [-0.15, -0.1) is 0 Å². The molecule has 2 heterocycles. The highest BCUT2D eigenvalue weighted by atomic mass is 16.3. The zero-order chi connectivity index (χ0) is 19.6. The molecule has 1 aliphatic rings. The number of anilines is 1. The minimum absolute atomic E-state index is 0.652. The van der Waals surface area contributed by atoms with Crippen molar-refractivity contribution < 1.29 is 5.11 Å². The first kappa shape index (κ1) is 19.8. The number of piperazine rings is 1. The Bertz CT molecular complexity index is 789. The summed E-state index contributed by atoms with van der Waals surface area (Å²) in [6, 6.07) is 8.66. The van der Waals surface area contributed by atoms with Crippen molar-refractivity contribution in [3.05, 3.63) is 52.5 Å². The molecule has 3 rings (SSSR count). The van der Waals surface area contributed by atoms with Gasteiger partial charge in [0, 0.05) is 50.4 Å². The summed E-state index contributed by atoms with van der Waals surface area (Å²) >= 11 is 0.